The van der Waals surface area contributed by atoms with Gasteiger partial charge in [-0.05, 0) is 36.8 Å². The summed E-state index contributed by atoms with van der Waals surface area (Å²) in [6, 6.07) is 19.3. The van der Waals surface area contributed by atoms with E-state index in [1.165, 1.54) is 4.41 Å². The Kier molecular flexibility index (Phi) is 4.12. The average molecular weight is 366 g/mol. The SMILES string of the molecule is Cc1ccc(C2=NN(S(=O)(=O)c3ccccc3)[C@@H](c3ccco3)C2)cc1. The van der Waals surface area contributed by atoms with Gasteiger partial charge in [-0.1, -0.05) is 48.0 Å². The molecule has 26 heavy (non-hydrogen) atoms. The fourth-order valence-electron chi connectivity index (χ4n) is 3.02. The van der Waals surface area contributed by atoms with Crippen molar-refractivity contribution in [3.8, 4) is 0 Å². The molecule has 132 valence electrons. The van der Waals surface area contributed by atoms with Gasteiger partial charge >= 0.3 is 0 Å². The van der Waals surface area contributed by atoms with Crippen LogP contribution in [0.15, 0.2) is 87.4 Å². The molecular formula is C20H18N2O3S. The predicted molar refractivity (Wildman–Crippen MR) is 99.2 cm³/mol. The summed E-state index contributed by atoms with van der Waals surface area (Å²) in [4.78, 5) is 0.213. The van der Waals surface area contributed by atoms with Gasteiger partial charge in [-0.3, -0.25) is 0 Å². The summed E-state index contributed by atoms with van der Waals surface area (Å²) in [6.45, 7) is 2.01. The summed E-state index contributed by atoms with van der Waals surface area (Å²) in [5.74, 6) is 0.579. The summed E-state index contributed by atoms with van der Waals surface area (Å²) in [5, 5.41) is 4.48. The van der Waals surface area contributed by atoms with Gasteiger partial charge in [0.05, 0.1) is 16.9 Å². The van der Waals surface area contributed by atoms with Crippen LogP contribution in [0.5, 0.6) is 0 Å². The van der Waals surface area contributed by atoms with Crippen LogP contribution in [0.1, 0.15) is 29.3 Å². The molecule has 0 saturated carbocycles. The lowest BCUT2D eigenvalue weighted by Crippen LogP contribution is -2.27. The zero-order valence-corrected chi connectivity index (χ0v) is 15.1. The lowest BCUT2D eigenvalue weighted by molar-refractivity contribution is 0.320. The summed E-state index contributed by atoms with van der Waals surface area (Å²) < 4.78 is 33.0. The Morgan fingerprint density at radius 3 is 2.38 bits per heavy atom. The topological polar surface area (TPSA) is 62.9 Å². The molecule has 0 aliphatic carbocycles. The van der Waals surface area contributed by atoms with E-state index in [-0.39, 0.29) is 4.90 Å². The maximum Gasteiger partial charge on any atom is 0.279 e. The molecule has 0 saturated heterocycles. The smallest absolute Gasteiger partial charge is 0.279 e. The van der Waals surface area contributed by atoms with Crippen molar-refractivity contribution in [1.82, 2.24) is 4.41 Å². The number of benzene rings is 2. The Morgan fingerprint density at radius 1 is 1.00 bits per heavy atom. The van der Waals surface area contributed by atoms with Crippen molar-refractivity contribution in [3.63, 3.8) is 0 Å². The number of sulfonamides is 1. The molecule has 0 fully saturated rings. The van der Waals surface area contributed by atoms with Gasteiger partial charge in [-0.2, -0.15) is 17.9 Å². The molecule has 0 N–H and O–H groups in total. The van der Waals surface area contributed by atoms with Gasteiger partial charge in [0.1, 0.15) is 11.8 Å². The normalized spacial score (nSPS) is 17.3. The number of aryl methyl sites for hydroxylation is 1. The highest BCUT2D eigenvalue weighted by Crippen LogP contribution is 2.37. The van der Waals surface area contributed by atoms with Gasteiger partial charge in [-0.25, -0.2) is 0 Å². The lowest BCUT2D eigenvalue weighted by atomic mass is 10.0. The Bertz CT molecular complexity index is 1020. The second-order valence-electron chi connectivity index (χ2n) is 6.24. The molecule has 2 aromatic carbocycles. The number of hydrogen-bond donors (Lipinski definition) is 0. The first-order chi connectivity index (χ1) is 12.6. The van der Waals surface area contributed by atoms with Crippen molar-refractivity contribution in [2.75, 3.05) is 0 Å². The fourth-order valence-corrected chi connectivity index (χ4v) is 4.46. The van der Waals surface area contributed by atoms with E-state index in [9.17, 15) is 8.42 Å². The van der Waals surface area contributed by atoms with Crippen molar-refractivity contribution in [2.24, 2.45) is 5.10 Å². The van der Waals surface area contributed by atoms with E-state index in [0.717, 1.165) is 16.8 Å². The van der Waals surface area contributed by atoms with Crippen molar-refractivity contribution in [3.05, 3.63) is 89.9 Å². The third kappa shape index (κ3) is 2.93. The zero-order valence-electron chi connectivity index (χ0n) is 14.2. The Balaban J connectivity index is 1.78. The van der Waals surface area contributed by atoms with Crippen LogP contribution in [0.25, 0.3) is 0 Å². The molecule has 0 radical (unpaired) electrons. The molecule has 1 aromatic heterocycles. The minimum Gasteiger partial charge on any atom is -0.467 e. The molecule has 0 spiro atoms. The van der Waals surface area contributed by atoms with Crippen molar-refractivity contribution in [1.29, 1.82) is 0 Å². The summed E-state index contributed by atoms with van der Waals surface area (Å²) in [7, 11) is -3.78. The minimum atomic E-state index is -3.78. The number of hydrazone groups is 1. The van der Waals surface area contributed by atoms with E-state index in [0.29, 0.717) is 12.2 Å². The molecule has 4 rings (SSSR count). The molecular weight excluding hydrogens is 348 g/mol. The molecule has 1 atom stereocenters. The van der Waals surface area contributed by atoms with Crippen LogP contribution in [-0.2, 0) is 10.0 Å². The minimum absolute atomic E-state index is 0.213. The molecule has 3 aromatic rings. The Morgan fingerprint density at radius 2 is 1.73 bits per heavy atom. The third-order valence-corrected chi connectivity index (χ3v) is 6.11. The maximum absolute atomic E-state index is 13.1. The van der Waals surface area contributed by atoms with Crippen LogP contribution in [0.2, 0.25) is 0 Å². The summed E-state index contributed by atoms with van der Waals surface area (Å²) >= 11 is 0. The molecule has 0 bridgehead atoms. The fraction of sp³-hybridized carbons (Fsp3) is 0.150. The number of hydrogen-bond acceptors (Lipinski definition) is 4. The van der Waals surface area contributed by atoms with Crippen LogP contribution in [0, 0.1) is 6.92 Å². The first kappa shape index (κ1) is 16.6. The van der Waals surface area contributed by atoms with E-state index < -0.39 is 16.1 Å². The second kappa shape index (κ2) is 6.46. The van der Waals surface area contributed by atoms with Crippen LogP contribution < -0.4 is 0 Å². The summed E-state index contributed by atoms with van der Waals surface area (Å²) in [5.41, 5.74) is 2.78. The molecule has 1 aliphatic rings. The maximum atomic E-state index is 13.1. The number of nitrogens with zero attached hydrogens (tertiary/aromatic N) is 2. The molecule has 1 aliphatic heterocycles. The van der Waals surface area contributed by atoms with E-state index in [2.05, 4.69) is 5.10 Å². The number of rotatable bonds is 4. The van der Waals surface area contributed by atoms with Crippen LogP contribution in [0.3, 0.4) is 0 Å². The average Bonchev–Trinajstić information content (AvgIpc) is 3.33. The van der Waals surface area contributed by atoms with E-state index in [4.69, 9.17) is 4.42 Å². The first-order valence-electron chi connectivity index (χ1n) is 8.33. The van der Waals surface area contributed by atoms with Crippen molar-refractivity contribution < 1.29 is 12.8 Å². The van der Waals surface area contributed by atoms with Gasteiger partial charge in [0, 0.05) is 6.42 Å². The monoisotopic (exact) mass is 366 g/mol. The van der Waals surface area contributed by atoms with Crippen molar-refractivity contribution in [2.45, 2.75) is 24.3 Å². The second-order valence-corrected chi connectivity index (χ2v) is 8.03. The highest BCUT2D eigenvalue weighted by Gasteiger charge is 2.39. The standard InChI is InChI=1S/C20H18N2O3S/c1-15-9-11-16(12-10-15)18-14-19(20-8-5-13-25-20)22(21-18)26(23,24)17-6-3-2-4-7-17/h2-13,19H,14H2,1H3/t19-/m1/s1. The third-order valence-electron chi connectivity index (χ3n) is 4.42. The highest BCUT2D eigenvalue weighted by molar-refractivity contribution is 7.89. The molecule has 2 heterocycles. The molecule has 6 heteroatoms. The van der Waals surface area contributed by atoms with E-state index in [1.807, 2.05) is 31.2 Å². The quantitative estimate of drug-likeness (QED) is 0.697. The number of furan rings is 1. The zero-order chi connectivity index (χ0) is 18.1. The van der Waals surface area contributed by atoms with Gasteiger partial charge in [0.2, 0.25) is 0 Å². The van der Waals surface area contributed by atoms with Gasteiger partial charge < -0.3 is 4.42 Å². The Hall–Kier alpha value is -2.86. The molecule has 5 nitrogen and oxygen atoms in total. The van der Waals surface area contributed by atoms with Crippen LogP contribution in [0.4, 0.5) is 0 Å². The van der Waals surface area contributed by atoms with Gasteiger partial charge in [0.25, 0.3) is 10.0 Å². The highest BCUT2D eigenvalue weighted by atomic mass is 32.2. The largest absolute Gasteiger partial charge is 0.467 e. The van der Waals surface area contributed by atoms with Crippen molar-refractivity contribution >= 4 is 15.7 Å². The van der Waals surface area contributed by atoms with E-state index >= 15 is 0 Å². The summed E-state index contributed by atoms with van der Waals surface area (Å²) in [6.07, 6.45) is 2.01. The predicted octanol–water partition coefficient (Wildman–Crippen LogP) is 4.13. The lowest BCUT2D eigenvalue weighted by Gasteiger charge is -2.21. The molecule has 0 amide bonds. The van der Waals surface area contributed by atoms with Crippen LogP contribution in [-0.4, -0.2) is 18.5 Å². The van der Waals surface area contributed by atoms with Crippen LogP contribution >= 0.6 is 0 Å². The first-order valence-corrected chi connectivity index (χ1v) is 9.77. The Labute approximate surface area is 152 Å². The van der Waals surface area contributed by atoms with Gasteiger partial charge in [0.15, 0.2) is 0 Å². The van der Waals surface area contributed by atoms with Gasteiger partial charge in [-0.15, -0.1) is 0 Å². The molecule has 0 unspecified atom stereocenters. The van der Waals surface area contributed by atoms with E-state index in [1.54, 1.807) is 48.7 Å².